The average Bonchev–Trinajstić information content (AvgIpc) is 2.44. The van der Waals surface area contributed by atoms with Gasteiger partial charge in [0.15, 0.2) is 0 Å². The van der Waals surface area contributed by atoms with Crippen LogP contribution in [0.25, 0.3) is 0 Å². The molecule has 0 aromatic heterocycles. The SMILES string of the molecule is COC(=O)/C=C/C(=O)OC(C)(C)CC(C)(C)N1CCOCC1. The van der Waals surface area contributed by atoms with Crippen LogP contribution in [-0.4, -0.2) is 61.4 Å². The number of carbonyl (C=O) groups is 2. The number of morpholine rings is 1. The van der Waals surface area contributed by atoms with Gasteiger partial charge in [0.1, 0.15) is 5.60 Å². The van der Waals surface area contributed by atoms with Gasteiger partial charge in [-0.2, -0.15) is 0 Å². The third-order valence-electron chi connectivity index (χ3n) is 3.66. The molecule has 1 fully saturated rings. The van der Waals surface area contributed by atoms with Crippen LogP contribution >= 0.6 is 0 Å². The van der Waals surface area contributed by atoms with Crippen LogP contribution in [0.3, 0.4) is 0 Å². The van der Waals surface area contributed by atoms with Gasteiger partial charge in [0, 0.05) is 37.2 Å². The highest BCUT2D eigenvalue weighted by molar-refractivity contribution is 5.91. The van der Waals surface area contributed by atoms with Crippen molar-refractivity contribution in [3.8, 4) is 0 Å². The zero-order valence-corrected chi connectivity index (χ0v) is 14.2. The maximum absolute atomic E-state index is 11.8. The molecule has 0 spiro atoms. The monoisotopic (exact) mass is 313 g/mol. The number of carbonyl (C=O) groups excluding carboxylic acids is 2. The Morgan fingerprint density at radius 3 is 2.18 bits per heavy atom. The van der Waals surface area contributed by atoms with Crippen LogP contribution < -0.4 is 0 Å². The van der Waals surface area contributed by atoms with Gasteiger partial charge in [0.25, 0.3) is 0 Å². The Labute approximate surface area is 132 Å². The van der Waals surface area contributed by atoms with Crippen molar-refractivity contribution in [2.75, 3.05) is 33.4 Å². The van der Waals surface area contributed by atoms with Crippen LogP contribution in [0.5, 0.6) is 0 Å². The van der Waals surface area contributed by atoms with E-state index in [1.807, 2.05) is 13.8 Å². The van der Waals surface area contributed by atoms with Gasteiger partial charge in [-0.25, -0.2) is 9.59 Å². The molecule has 0 aromatic carbocycles. The fourth-order valence-corrected chi connectivity index (χ4v) is 2.87. The van der Waals surface area contributed by atoms with E-state index in [9.17, 15) is 9.59 Å². The molecule has 0 radical (unpaired) electrons. The molecule has 1 rings (SSSR count). The predicted octanol–water partition coefficient (Wildman–Crippen LogP) is 1.54. The first kappa shape index (κ1) is 18.6. The number of hydrogen-bond acceptors (Lipinski definition) is 6. The topological polar surface area (TPSA) is 65.1 Å². The Hall–Kier alpha value is -1.40. The Morgan fingerprint density at radius 1 is 1.09 bits per heavy atom. The van der Waals surface area contributed by atoms with Crippen LogP contribution in [-0.2, 0) is 23.8 Å². The number of methoxy groups -OCH3 is 1. The lowest BCUT2D eigenvalue weighted by atomic mass is 9.87. The van der Waals surface area contributed by atoms with Gasteiger partial charge in [0.2, 0.25) is 0 Å². The van der Waals surface area contributed by atoms with Gasteiger partial charge >= 0.3 is 11.9 Å². The molecule has 0 saturated carbocycles. The van der Waals surface area contributed by atoms with Crippen LogP contribution in [0.2, 0.25) is 0 Å². The maximum atomic E-state index is 11.8. The fourth-order valence-electron chi connectivity index (χ4n) is 2.87. The Balaban J connectivity index is 2.59. The fraction of sp³-hybridized carbons (Fsp3) is 0.750. The van der Waals surface area contributed by atoms with Crippen LogP contribution in [0, 0.1) is 0 Å². The third kappa shape index (κ3) is 6.15. The highest BCUT2D eigenvalue weighted by Gasteiger charge is 2.36. The van der Waals surface area contributed by atoms with Gasteiger partial charge < -0.3 is 14.2 Å². The van der Waals surface area contributed by atoms with E-state index in [1.54, 1.807) is 0 Å². The molecule has 0 aliphatic carbocycles. The lowest BCUT2D eigenvalue weighted by Crippen LogP contribution is -2.53. The number of nitrogens with zero attached hydrogens (tertiary/aromatic N) is 1. The van der Waals surface area contributed by atoms with E-state index in [4.69, 9.17) is 9.47 Å². The minimum absolute atomic E-state index is 0.111. The number of hydrogen-bond donors (Lipinski definition) is 0. The Morgan fingerprint density at radius 2 is 1.64 bits per heavy atom. The van der Waals surface area contributed by atoms with E-state index in [2.05, 4.69) is 23.5 Å². The summed E-state index contributed by atoms with van der Waals surface area (Å²) in [5.74, 6) is -1.13. The van der Waals surface area contributed by atoms with Crippen molar-refractivity contribution < 1.29 is 23.8 Å². The van der Waals surface area contributed by atoms with E-state index < -0.39 is 17.5 Å². The first-order valence-electron chi connectivity index (χ1n) is 7.48. The van der Waals surface area contributed by atoms with E-state index in [1.165, 1.54) is 7.11 Å². The van der Waals surface area contributed by atoms with Crippen LogP contribution in [0.4, 0.5) is 0 Å². The van der Waals surface area contributed by atoms with E-state index in [-0.39, 0.29) is 5.54 Å². The Bertz CT molecular complexity index is 422. The molecule has 0 amide bonds. The summed E-state index contributed by atoms with van der Waals surface area (Å²) in [6.07, 6.45) is 2.83. The van der Waals surface area contributed by atoms with Gasteiger partial charge in [-0.1, -0.05) is 0 Å². The first-order chi connectivity index (χ1) is 10.2. The van der Waals surface area contributed by atoms with Crippen molar-refractivity contribution in [1.29, 1.82) is 0 Å². The smallest absolute Gasteiger partial charge is 0.331 e. The van der Waals surface area contributed by atoms with E-state index >= 15 is 0 Å². The molecule has 0 unspecified atom stereocenters. The van der Waals surface area contributed by atoms with E-state index in [0.717, 1.165) is 38.5 Å². The molecule has 22 heavy (non-hydrogen) atoms. The summed E-state index contributed by atoms with van der Waals surface area (Å²) in [5.41, 5.74) is -0.751. The Kier molecular flexibility index (Phi) is 6.56. The summed E-state index contributed by atoms with van der Waals surface area (Å²) in [7, 11) is 1.26. The van der Waals surface area contributed by atoms with Crippen molar-refractivity contribution in [3.05, 3.63) is 12.2 Å². The van der Waals surface area contributed by atoms with Crippen molar-refractivity contribution in [2.45, 2.75) is 45.3 Å². The van der Waals surface area contributed by atoms with Gasteiger partial charge in [-0.05, 0) is 27.7 Å². The molecule has 1 heterocycles. The summed E-state index contributed by atoms with van der Waals surface area (Å²) in [6.45, 7) is 11.2. The second kappa shape index (κ2) is 7.74. The molecule has 1 aliphatic heterocycles. The predicted molar refractivity (Wildman–Crippen MR) is 82.4 cm³/mol. The second-order valence-electron chi connectivity index (χ2n) is 6.63. The molecule has 6 heteroatoms. The highest BCUT2D eigenvalue weighted by atomic mass is 16.6. The molecule has 0 N–H and O–H groups in total. The summed E-state index contributed by atoms with van der Waals surface area (Å²) >= 11 is 0. The standard InChI is InChI=1S/C16H27NO5/c1-15(2,17-8-10-21-11-9-17)12-16(3,4)22-14(19)7-6-13(18)20-5/h6-7H,8-12H2,1-5H3/b7-6+. The van der Waals surface area contributed by atoms with Gasteiger partial charge in [-0.15, -0.1) is 0 Å². The normalized spacial score (nSPS) is 17.5. The minimum Gasteiger partial charge on any atom is -0.466 e. The largest absolute Gasteiger partial charge is 0.466 e. The summed E-state index contributed by atoms with van der Waals surface area (Å²) in [6, 6.07) is 0. The molecule has 0 aromatic rings. The summed E-state index contributed by atoms with van der Waals surface area (Å²) in [5, 5.41) is 0. The van der Waals surface area contributed by atoms with Crippen molar-refractivity contribution in [3.63, 3.8) is 0 Å². The second-order valence-corrected chi connectivity index (χ2v) is 6.63. The maximum Gasteiger partial charge on any atom is 0.331 e. The highest BCUT2D eigenvalue weighted by Crippen LogP contribution is 2.29. The molecular formula is C16H27NO5. The molecule has 1 aliphatic rings. The van der Waals surface area contributed by atoms with Crippen LogP contribution in [0.15, 0.2) is 12.2 Å². The summed E-state index contributed by atoms with van der Waals surface area (Å²) in [4.78, 5) is 25.1. The first-order valence-corrected chi connectivity index (χ1v) is 7.48. The van der Waals surface area contributed by atoms with Crippen molar-refractivity contribution in [1.82, 2.24) is 4.90 Å². The summed E-state index contributed by atoms with van der Waals surface area (Å²) < 4.78 is 15.3. The molecule has 126 valence electrons. The number of esters is 2. The van der Waals surface area contributed by atoms with Crippen molar-refractivity contribution >= 4 is 11.9 Å². The molecule has 0 bridgehead atoms. The zero-order chi connectivity index (χ0) is 16.8. The van der Waals surface area contributed by atoms with Crippen molar-refractivity contribution in [2.24, 2.45) is 0 Å². The lowest BCUT2D eigenvalue weighted by Gasteiger charge is -2.44. The molecular weight excluding hydrogens is 286 g/mol. The molecule has 0 atom stereocenters. The molecule has 1 saturated heterocycles. The molecule has 6 nitrogen and oxygen atoms in total. The number of rotatable bonds is 6. The minimum atomic E-state index is -0.640. The van der Waals surface area contributed by atoms with Gasteiger partial charge in [-0.3, -0.25) is 4.90 Å². The van der Waals surface area contributed by atoms with Crippen LogP contribution in [0.1, 0.15) is 34.1 Å². The average molecular weight is 313 g/mol. The van der Waals surface area contributed by atoms with E-state index in [0.29, 0.717) is 6.42 Å². The third-order valence-corrected chi connectivity index (χ3v) is 3.66. The van der Waals surface area contributed by atoms with Gasteiger partial charge in [0.05, 0.1) is 20.3 Å². The number of ether oxygens (including phenoxy) is 3. The zero-order valence-electron chi connectivity index (χ0n) is 14.2. The lowest BCUT2D eigenvalue weighted by molar-refractivity contribution is -0.154. The quantitative estimate of drug-likeness (QED) is 0.547.